The molecule has 2 N–H and O–H groups in total. The number of rotatable bonds is 2. The van der Waals surface area contributed by atoms with Crippen molar-refractivity contribution >= 4 is 5.91 Å². The van der Waals surface area contributed by atoms with E-state index in [9.17, 15) is 4.79 Å². The Morgan fingerprint density at radius 2 is 1.90 bits per heavy atom. The predicted octanol–water partition coefficient (Wildman–Crippen LogP) is 1.22. The van der Waals surface area contributed by atoms with Gasteiger partial charge in [-0.25, -0.2) is 0 Å². The van der Waals surface area contributed by atoms with E-state index < -0.39 is 0 Å². The fourth-order valence-corrected chi connectivity index (χ4v) is 2.66. The second kappa shape index (κ2) is 6.05. The molecule has 0 saturated carbocycles. The lowest BCUT2D eigenvalue weighted by Crippen LogP contribution is -2.33. The van der Waals surface area contributed by atoms with Gasteiger partial charge in [0, 0.05) is 19.1 Å². The van der Waals surface area contributed by atoms with Crippen LogP contribution in [0.15, 0.2) is 36.7 Å². The molecule has 1 fully saturated rings. The SMILES string of the molecule is NC1CCCN(C(=O)c2ccccc2-n2nccn2)CC1. The van der Waals surface area contributed by atoms with Gasteiger partial charge in [-0.05, 0) is 31.4 Å². The lowest BCUT2D eigenvalue weighted by Gasteiger charge is -2.21. The Bertz CT molecular complexity index is 610. The summed E-state index contributed by atoms with van der Waals surface area (Å²) in [6.07, 6.45) is 5.99. The number of hydrogen-bond donors (Lipinski definition) is 1. The zero-order chi connectivity index (χ0) is 14.7. The Morgan fingerprint density at radius 3 is 2.71 bits per heavy atom. The lowest BCUT2D eigenvalue weighted by molar-refractivity contribution is 0.0761. The smallest absolute Gasteiger partial charge is 0.256 e. The van der Waals surface area contributed by atoms with Crippen LogP contribution in [-0.2, 0) is 0 Å². The molecular weight excluding hydrogens is 266 g/mol. The molecule has 0 spiro atoms. The van der Waals surface area contributed by atoms with Gasteiger partial charge in [-0.2, -0.15) is 15.0 Å². The summed E-state index contributed by atoms with van der Waals surface area (Å²) in [5, 5.41) is 8.24. The van der Waals surface area contributed by atoms with Crippen LogP contribution in [-0.4, -0.2) is 44.9 Å². The third-order valence-electron chi connectivity index (χ3n) is 3.83. The van der Waals surface area contributed by atoms with Gasteiger partial charge in [0.25, 0.3) is 5.91 Å². The van der Waals surface area contributed by atoms with E-state index in [2.05, 4.69) is 10.2 Å². The summed E-state index contributed by atoms with van der Waals surface area (Å²) < 4.78 is 0. The first-order valence-corrected chi connectivity index (χ1v) is 7.26. The summed E-state index contributed by atoms with van der Waals surface area (Å²) >= 11 is 0. The first kappa shape index (κ1) is 13.8. The van der Waals surface area contributed by atoms with Crippen LogP contribution < -0.4 is 5.73 Å². The van der Waals surface area contributed by atoms with Crippen LogP contribution in [0.2, 0.25) is 0 Å². The van der Waals surface area contributed by atoms with Crippen molar-refractivity contribution in [2.45, 2.75) is 25.3 Å². The van der Waals surface area contributed by atoms with Crippen LogP contribution in [0.4, 0.5) is 0 Å². The summed E-state index contributed by atoms with van der Waals surface area (Å²) in [6.45, 7) is 1.47. The average Bonchev–Trinajstić information content (AvgIpc) is 2.96. The Kier molecular flexibility index (Phi) is 3.96. The number of carbonyl (C=O) groups is 1. The number of nitrogens with two attached hydrogens (primary N) is 1. The second-order valence-corrected chi connectivity index (χ2v) is 5.32. The molecule has 3 rings (SSSR count). The topological polar surface area (TPSA) is 77.0 Å². The summed E-state index contributed by atoms with van der Waals surface area (Å²) in [6, 6.07) is 7.63. The standard InChI is InChI=1S/C15H19N5O/c16-12-4-3-10-19(11-7-12)15(21)13-5-1-2-6-14(13)20-17-8-9-18-20/h1-2,5-6,8-9,12H,3-4,7,10-11,16H2. The number of amides is 1. The van der Waals surface area contributed by atoms with Crippen molar-refractivity contribution in [2.24, 2.45) is 5.73 Å². The van der Waals surface area contributed by atoms with Gasteiger partial charge in [-0.15, -0.1) is 0 Å². The maximum Gasteiger partial charge on any atom is 0.256 e. The minimum Gasteiger partial charge on any atom is -0.339 e. The Hall–Kier alpha value is -2.21. The molecule has 0 bridgehead atoms. The van der Waals surface area contributed by atoms with E-state index >= 15 is 0 Å². The fraction of sp³-hybridized carbons (Fsp3) is 0.400. The van der Waals surface area contributed by atoms with Crippen molar-refractivity contribution in [1.29, 1.82) is 0 Å². The number of aromatic nitrogens is 3. The number of benzene rings is 1. The van der Waals surface area contributed by atoms with Crippen LogP contribution in [0.5, 0.6) is 0 Å². The van der Waals surface area contributed by atoms with Gasteiger partial charge in [0.05, 0.1) is 23.6 Å². The molecule has 1 amide bonds. The average molecular weight is 285 g/mol. The normalized spacial score (nSPS) is 19.3. The van der Waals surface area contributed by atoms with Crippen molar-refractivity contribution in [2.75, 3.05) is 13.1 Å². The van der Waals surface area contributed by atoms with E-state index in [0.29, 0.717) is 17.8 Å². The molecule has 2 aromatic rings. The highest BCUT2D eigenvalue weighted by Crippen LogP contribution is 2.17. The largest absolute Gasteiger partial charge is 0.339 e. The van der Waals surface area contributed by atoms with Gasteiger partial charge in [0.1, 0.15) is 0 Å². The van der Waals surface area contributed by atoms with Gasteiger partial charge in [-0.3, -0.25) is 4.79 Å². The van der Waals surface area contributed by atoms with E-state index in [4.69, 9.17) is 5.73 Å². The molecule has 1 aromatic heterocycles. The maximum absolute atomic E-state index is 12.8. The summed E-state index contributed by atoms with van der Waals surface area (Å²) in [5.41, 5.74) is 7.32. The van der Waals surface area contributed by atoms with E-state index in [1.165, 1.54) is 4.80 Å². The molecule has 1 aliphatic rings. The molecule has 1 atom stereocenters. The maximum atomic E-state index is 12.8. The van der Waals surface area contributed by atoms with Crippen molar-refractivity contribution in [1.82, 2.24) is 19.9 Å². The molecule has 0 radical (unpaired) electrons. The zero-order valence-electron chi connectivity index (χ0n) is 11.9. The number of carbonyl (C=O) groups excluding carboxylic acids is 1. The Labute approximate surface area is 123 Å². The van der Waals surface area contributed by atoms with Crippen molar-refractivity contribution in [3.63, 3.8) is 0 Å². The molecule has 1 aliphatic heterocycles. The highest BCUT2D eigenvalue weighted by Gasteiger charge is 2.22. The highest BCUT2D eigenvalue weighted by atomic mass is 16.2. The van der Waals surface area contributed by atoms with E-state index in [1.54, 1.807) is 12.4 Å². The number of likely N-dealkylation sites (tertiary alicyclic amines) is 1. The predicted molar refractivity (Wildman–Crippen MR) is 79.1 cm³/mol. The zero-order valence-corrected chi connectivity index (χ0v) is 11.9. The lowest BCUT2D eigenvalue weighted by atomic mass is 10.1. The molecule has 1 aromatic carbocycles. The van der Waals surface area contributed by atoms with Crippen molar-refractivity contribution in [3.05, 3.63) is 42.2 Å². The van der Waals surface area contributed by atoms with Crippen molar-refractivity contribution < 1.29 is 4.79 Å². The number of para-hydroxylation sites is 1. The molecule has 1 saturated heterocycles. The number of nitrogens with zero attached hydrogens (tertiary/aromatic N) is 4. The molecule has 21 heavy (non-hydrogen) atoms. The van der Waals surface area contributed by atoms with Gasteiger partial charge in [-0.1, -0.05) is 12.1 Å². The van der Waals surface area contributed by atoms with E-state index in [1.807, 2.05) is 29.2 Å². The quantitative estimate of drug-likeness (QED) is 0.900. The Morgan fingerprint density at radius 1 is 1.14 bits per heavy atom. The van der Waals surface area contributed by atoms with Crippen molar-refractivity contribution in [3.8, 4) is 5.69 Å². The molecule has 6 nitrogen and oxygen atoms in total. The monoisotopic (exact) mass is 285 g/mol. The molecule has 6 heteroatoms. The molecule has 0 aliphatic carbocycles. The summed E-state index contributed by atoms with van der Waals surface area (Å²) in [7, 11) is 0. The minimum absolute atomic E-state index is 0.0250. The minimum atomic E-state index is 0.0250. The van der Waals surface area contributed by atoms with Gasteiger partial charge in [0.2, 0.25) is 0 Å². The Balaban J connectivity index is 1.88. The van der Waals surface area contributed by atoms with Crippen LogP contribution in [0.1, 0.15) is 29.6 Å². The molecule has 1 unspecified atom stereocenters. The first-order valence-electron chi connectivity index (χ1n) is 7.26. The fourth-order valence-electron chi connectivity index (χ4n) is 2.66. The molecule has 110 valence electrons. The van der Waals surface area contributed by atoms with Crippen LogP contribution in [0.3, 0.4) is 0 Å². The van der Waals surface area contributed by atoms with E-state index in [-0.39, 0.29) is 11.9 Å². The van der Waals surface area contributed by atoms with Crippen LogP contribution in [0, 0.1) is 0 Å². The third kappa shape index (κ3) is 2.95. The summed E-state index contributed by atoms with van der Waals surface area (Å²) in [4.78, 5) is 16.2. The second-order valence-electron chi connectivity index (χ2n) is 5.32. The number of hydrogen-bond acceptors (Lipinski definition) is 4. The summed E-state index contributed by atoms with van der Waals surface area (Å²) in [5.74, 6) is 0.0250. The highest BCUT2D eigenvalue weighted by molar-refractivity contribution is 5.97. The first-order chi connectivity index (χ1) is 10.3. The molecular formula is C15H19N5O. The van der Waals surface area contributed by atoms with Gasteiger partial charge >= 0.3 is 0 Å². The molecule has 2 heterocycles. The van der Waals surface area contributed by atoms with Crippen LogP contribution in [0.25, 0.3) is 5.69 Å². The third-order valence-corrected chi connectivity index (χ3v) is 3.83. The van der Waals surface area contributed by atoms with Gasteiger partial charge < -0.3 is 10.6 Å². The van der Waals surface area contributed by atoms with E-state index in [0.717, 1.165) is 25.8 Å². The van der Waals surface area contributed by atoms with Crippen LogP contribution >= 0.6 is 0 Å². The van der Waals surface area contributed by atoms with Gasteiger partial charge in [0.15, 0.2) is 0 Å².